The molecule has 0 saturated heterocycles. The van der Waals surface area contributed by atoms with Gasteiger partial charge in [0.05, 0.1) is 33.2 Å². The average Bonchev–Trinajstić information content (AvgIpc) is 1.59. The van der Waals surface area contributed by atoms with Gasteiger partial charge in [0.25, 0.3) is 0 Å². The minimum atomic E-state index is -4.56. The number of halogens is 6. The zero-order valence-corrected chi connectivity index (χ0v) is 65.0. The highest BCUT2D eigenvalue weighted by atomic mass is 19.4. The van der Waals surface area contributed by atoms with E-state index >= 15 is 0 Å². The smallest absolute Gasteiger partial charge is 0.309 e. The Morgan fingerprint density at radius 1 is 0.186 bits per heavy atom. The van der Waals surface area contributed by atoms with E-state index in [1.807, 2.05) is 158 Å². The molecule has 118 heavy (non-hydrogen) atoms. The number of aromatic nitrogens is 8. The molecule has 19 rings (SSSR count). The Labute approximate surface area is 677 Å². The van der Waals surface area contributed by atoms with Crippen LogP contribution in [0, 0.1) is 41.5 Å². The zero-order valence-electron chi connectivity index (χ0n) is 65.0. The summed E-state index contributed by atoms with van der Waals surface area (Å²) in [5, 5.41) is 3.44. The summed E-state index contributed by atoms with van der Waals surface area (Å²) in [6.45, 7) is 11.7. The summed E-state index contributed by atoms with van der Waals surface area (Å²) in [5.74, 6) is 2.73. The lowest BCUT2D eigenvalue weighted by Gasteiger charge is -2.16. The minimum Gasteiger partial charge on any atom is -0.309 e. The fraction of sp³-hybridized carbons (Fsp3) is 0.0769. The number of benzene rings is 15. The molecule has 0 saturated carbocycles. The van der Waals surface area contributed by atoms with Crippen molar-refractivity contribution in [1.82, 2.24) is 39.0 Å². The van der Waals surface area contributed by atoms with E-state index in [9.17, 15) is 26.3 Å². The third kappa shape index (κ3) is 14.3. The molecule has 0 unspecified atom stereocenters. The molecule has 15 aromatic carbocycles. The molecule has 8 nitrogen and oxygen atoms in total. The number of alkyl halides is 6. The van der Waals surface area contributed by atoms with Crippen molar-refractivity contribution >= 4 is 43.6 Å². The first kappa shape index (κ1) is 73.7. The van der Waals surface area contributed by atoms with Crippen LogP contribution >= 0.6 is 0 Å². The van der Waals surface area contributed by atoms with Crippen molar-refractivity contribution < 1.29 is 26.3 Å². The number of rotatable bonds is 14. The number of hydrogen-bond donors (Lipinski definition) is 0. The van der Waals surface area contributed by atoms with E-state index in [0.29, 0.717) is 79.5 Å². The monoisotopic (exact) mass is 1550 g/mol. The summed E-state index contributed by atoms with van der Waals surface area (Å²) >= 11 is 0. The van der Waals surface area contributed by atoms with E-state index in [0.717, 1.165) is 144 Å². The van der Waals surface area contributed by atoms with Crippen molar-refractivity contribution in [3.05, 3.63) is 372 Å². The van der Waals surface area contributed by atoms with Crippen molar-refractivity contribution in [3.8, 4) is 146 Å². The van der Waals surface area contributed by atoms with Gasteiger partial charge in [-0.1, -0.05) is 235 Å². The first-order valence-corrected chi connectivity index (χ1v) is 39.0. The molecule has 0 amide bonds. The van der Waals surface area contributed by atoms with Crippen LogP contribution in [0.5, 0.6) is 0 Å². The van der Waals surface area contributed by atoms with Gasteiger partial charge in [0.1, 0.15) is 0 Å². The maximum absolute atomic E-state index is 14.7. The summed E-state index contributed by atoms with van der Waals surface area (Å²) in [5.41, 5.74) is 22.8. The minimum absolute atomic E-state index is 0.413. The molecule has 570 valence electrons. The van der Waals surface area contributed by atoms with Crippen LogP contribution < -0.4 is 0 Å². The van der Waals surface area contributed by atoms with Crippen LogP contribution in [0.2, 0.25) is 0 Å². The van der Waals surface area contributed by atoms with E-state index in [4.69, 9.17) is 29.9 Å². The fourth-order valence-corrected chi connectivity index (χ4v) is 16.7. The van der Waals surface area contributed by atoms with E-state index in [1.54, 1.807) is 26.0 Å². The van der Waals surface area contributed by atoms with Crippen LogP contribution in [0.15, 0.2) is 328 Å². The number of nitrogens with zero attached hydrogens (tertiary/aromatic N) is 8. The summed E-state index contributed by atoms with van der Waals surface area (Å²) in [6, 6.07) is 107. The Bertz CT molecular complexity index is 6630. The van der Waals surface area contributed by atoms with Crippen molar-refractivity contribution in [3.63, 3.8) is 0 Å². The first-order valence-electron chi connectivity index (χ1n) is 39.0. The molecule has 19 aromatic rings. The van der Waals surface area contributed by atoms with Gasteiger partial charge in [-0.05, 0) is 235 Å². The van der Waals surface area contributed by atoms with Crippen LogP contribution in [0.1, 0.15) is 44.5 Å². The Balaban J connectivity index is 0.858. The molecule has 0 N–H and O–H groups in total. The highest BCUT2D eigenvalue weighted by molar-refractivity contribution is 6.13. The van der Waals surface area contributed by atoms with Gasteiger partial charge in [-0.3, -0.25) is 0 Å². The molecule has 0 aliphatic heterocycles. The van der Waals surface area contributed by atoms with Gasteiger partial charge in [-0.15, -0.1) is 0 Å². The fourth-order valence-electron chi connectivity index (χ4n) is 16.7. The van der Waals surface area contributed by atoms with Crippen LogP contribution in [0.3, 0.4) is 0 Å². The van der Waals surface area contributed by atoms with Gasteiger partial charge in [0, 0.05) is 66.3 Å². The van der Waals surface area contributed by atoms with Crippen molar-refractivity contribution in [2.45, 2.75) is 53.9 Å². The summed E-state index contributed by atoms with van der Waals surface area (Å²) in [4.78, 5) is 31.6. The van der Waals surface area contributed by atoms with Gasteiger partial charge in [0.2, 0.25) is 0 Å². The quantitative estimate of drug-likeness (QED) is 0.101. The highest BCUT2D eigenvalue weighted by Gasteiger charge is 2.33. The molecule has 0 spiro atoms. The maximum Gasteiger partial charge on any atom is 0.416 e. The molecule has 0 aliphatic carbocycles. The largest absolute Gasteiger partial charge is 0.416 e. The van der Waals surface area contributed by atoms with Crippen LogP contribution in [0.25, 0.3) is 190 Å². The maximum atomic E-state index is 14.7. The molecule has 0 aliphatic rings. The lowest BCUT2D eigenvalue weighted by Crippen LogP contribution is -2.05. The SMILES string of the molecule is Cc1cc(C)cc(-c2ccc3c(c2)c2cc(-c4cc(C)cc(C(F)(F)F)c4)ccc2n3-c2cc(-c3cccc(-c4cc(-c5nc(-c6ccccc6)nc(-c6ccccc6)n5)cc(-n5c6ccc(-c7cc(C)cc(C)c7)cc6c6cc(-c7cc(C)cc(C(F)(F)F)c7)ccc65)c4)c3)cc(-c3nc(-c4ccccc4)nc(-c4ccccc4)n3)c2)c1. The lowest BCUT2D eigenvalue weighted by molar-refractivity contribution is -0.138. The second kappa shape index (κ2) is 29.4. The van der Waals surface area contributed by atoms with Gasteiger partial charge >= 0.3 is 12.4 Å². The molecule has 4 heterocycles. The van der Waals surface area contributed by atoms with Crippen molar-refractivity contribution in [1.29, 1.82) is 0 Å². The van der Waals surface area contributed by atoms with Crippen LogP contribution in [-0.2, 0) is 12.4 Å². The molecule has 14 heteroatoms. The zero-order chi connectivity index (χ0) is 80.8. The van der Waals surface area contributed by atoms with E-state index in [1.165, 1.54) is 24.3 Å². The third-order valence-electron chi connectivity index (χ3n) is 21.9. The van der Waals surface area contributed by atoms with Crippen LogP contribution in [0.4, 0.5) is 26.3 Å². The normalized spacial score (nSPS) is 11.9. The Morgan fingerprint density at radius 2 is 0.407 bits per heavy atom. The Morgan fingerprint density at radius 3 is 0.686 bits per heavy atom. The van der Waals surface area contributed by atoms with E-state index < -0.39 is 23.5 Å². The molecule has 0 fully saturated rings. The molecule has 0 atom stereocenters. The van der Waals surface area contributed by atoms with Crippen molar-refractivity contribution in [2.75, 3.05) is 0 Å². The van der Waals surface area contributed by atoms with Crippen LogP contribution in [-0.4, -0.2) is 39.0 Å². The van der Waals surface area contributed by atoms with E-state index in [2.05, 4.69) is 170 Å². The highest BCUT2D eigenvalue weighted by Crippen LogP contribution is 2.46. The number of fused-ring (bicyclic) bond motifs is 6. The first-order chi connectivity index (χ1) is 57.1. The second-order valence-electron chi connectivity index (χ2n) is 30.7. The number of hydrogen-bond acceptors (Lipinski definition) is 6. The predicted octanol–water partition coefficient (Wildman–Crippen LogP) is 28.1. The standard InChI is InChI=1S/C104H72F6N8/c1-61-38-62(2)41-77(40-61)73-30-34-93-89(57-73)91-59-75(79-44-65(5)46-85(51-79)103(105,106)107)32-36-95(91)117(93)87-53-81(49-83(55-87)101-113-97(67-20-11-7-12-21-67)111-98(114-101)68-22-13-8-14-23-68)71-28-19-29-72(48-71)82-50-84(102-115-99(69-24-15-9-16-25-69)112-100(116-102)70-26-17-10-18-27-70)56-88(54-82)118-94-35-31-74(78-42-63(3)39-64(4)43-78)58-90(94)92-60-76(33-37-96(92)118)80-45-66(6)47-86(52-80)104(108,109)110/h7-60H,1-6H3. The van der Waals surface area contributed by atoms with Gasteiger partial charge in [0.15, 0.2) is 34.9 Å². The Kier molecular flexibility index (Phi) is 18.4. The van der Waals surface area contributed by atoms with Crippen molar-refractivity contribution in [2.24, 2.45) is 0 Å². The van der Waals surface area contributed by atoms with Gasteiger partial charge in [-0.25, -0.2) is 29.9 Å². The summed E-state index contributed by atoms with van der Waals surface area (Å²) in [7, 11) is 0. The molecular weight excluding hydrogens is 1480 g/mol. The molecule has 0 bridgehead atoms. The van der Waals surface area contributed by atoms with E-state index in [-0.39, 0.29) is 0 Å². The number of aryl methyl sites for hydroxylation is 6. The summed E-state index contributed by atoms with van der Waals surface area (Å²) < 4.78 is 92.6. The molecular formula is C104H72F6N8. The van der Waals surface area contributed by atoms with Gasteiger partial charge < -0.3 is 9.13 Å². The van der Waals surface area contributed by atoms with Gasteiger partial charge in [-0.2, -0.15) is 26.3 Å². The summed E-state index contributed by atoms with van der Waals surface area (Å²) in [6.07, 6.45) is -9.13. The molecule has 4 aromatic heterocycles. The Hall–Kier alpha value is -14.5. The topological polar surface area (TPSA) is 87.2 Å². The predicted molar refractivity (Wildman–Crippen MR) is 466 cm³/mol. The molecule has 0 radical (unpaired) electrons. The second-order valence-corrected chi connectivity index (χ2v) is 30.7. The lowest BCUT2D eigenvalue weighted by atomic mass is 9.95. The third-order valence-corrected chi connectivity index (χ3v) is 21.9. The average molecular weight is 1550 g/mol.